The van der Waals surface area contributed by atoms with Crippen LogP contribution in [0.5, 0.6) is 0 Å². The minimum absolute atomic E-state index is 0.223. The highest BCUT2D eigenvalue weighted by Gasteiger charge is 2.25. The molecule has 5 heteroatoms. The molecule has 5 nitrogen and oxygen atoms in total. The molecule has 0 amide bonds. The molecule has 2 aromatic rings. The molecule has 0 aliphatic carbocycles. The maximum absolute atomic E-state index is 10.5. The number of furan rings is 1. The Morgan fingerprint density at radius 2 is 1.96 bits per heavy atom. The van der Waals surface area contributed by atoms with Crippen LogP contribution in [0.1, 0.15) is 30.7 Å². The maximum Gasteiger partial charge on any atom is 0.191 e. The van der Waals surface area contributed by atoms with Gasteiger partial charge in [-0.2, -0.15) is 0 Å². The summed E-state index contributed by atoms with van der Waals surface area (Å²) >= 11 is 0. The van der Waals surface area contributed by atoms with Gasteiger partial charge in [-0.25, -0.2) is 4.99 Å². The Bertz CT molecular complexity index is 631. The quantitative estimate of drug-likeness (QED) is 0.539. The Morgan fingerprint density at radius 3 is 2.58 bits per heavy atom. The molecule has 1 unspecified atom stereocenters. The van der Waals surface area contributed by atoms with E-state index in [-0.39, 0.29) is 6.54 Å². The van der Waals surface area contributed by atoms with E-state index in [2.05, 4.69) is 46.8 Å². The molecule has 1 aromatic heterocycles. The number of nitrogens with one attached hydrogen (secondary N) is 2. The summed E-state index contributed by atoms with van der Waals surface area (Å²) in [5, 5.41) is 17.0. The molecule has 0 bridgehead atoms. The topological polar surface area (TPSA) is 69.8 Å². The van der Waals surface area contributed by atoms with Gasteiger partial charge in [-0.15, -0.1) is 0 Å². The van der Waals surface area contributed by atoms with E-state index in [0.717, 1.165) is 19.5 Å². The van der Waals surface area contributed by atoms with Crippen LogP contribution in [0.4, 0.5) is 0 Å². The van der Waals surface area contributed by atoms with E-state index in [1.54, 1.807) is 25.3 Å². The van der Waals surface area contributed by atoms with E-state index in [1.165, 1.54) is 11.1 Å². The number of guanidine groups is 1. The Labute approximate surface area is 143 Å². The van der Waals surface area contributed by atoms with Crippen LogP contribution in [-0.4, -0.2) is 30.7 Å². The summed E-state index contributed by atoms with van der Waals surface area (Å²) in [6, 6.07) is 12.0. The SMILES string of the molecule is CCNC(=NCC(C)(O)c1ccco1)NCCc1ccc(C)cc1. The fourth-order valence-electron chi connectivity index (χ4n) is 2.32. The molecule has 24 heavy (non-hydrogen) atoms. The van der Waals surface area contributed by atoms with E-state index >= 15 is 0 Å². The highest BCUT2D eigenvalue weighted by Crippen LogP contribution is 2.20. The number of nitrogens with zero attached hydrogens (tertiary/aromatic N) is 1. The van der Waals surface area contributed by atoms with E-state index < -0.39 is 5.60 Å². The van der Waals surface area contributed by atoms with Crippen LogP contribution < -0.4 is 10.6 Å². The third-order valence-electron chi connectivity index (χ3n) is 3.77. The first kappa shape index (κ1) is 18.1. The van der Waals surface area contributed by atoms with E-state index in [0.29, 0.717) is 11.7 Å². The minimum atomic E-state index is -1.12. The van der Waals surface area contributed by atoms with Gasteiger partial charge in [0.1, 0.15) is 11.4 Å². The van der Waals surface area contributed by atoms with Crippen LogP contribution in [0, 0.1) is 6.92 Å². The second-order valence-electron chi connectivity index (χ2n) is 6.11. The molecule has 130 valence electrons. The Morgan fingerprint density at radius 1 is 1.21 bits per heavy atom. The second-order valence-corrected chi connectivity index (χ2v) is 6.11. The molecular formula is C19H27N3O2. The Balaban J connectivity index is 1.89. The van der Waals surface area contributed by atoms with Gasteiger partial charge < -0.3 is 20.2 Å². The number of aliphatic imine (C=N–C) groups is 1. The van der Waals surface area contributed by atoms with E-state index in [4.69, 9.17) is 4.42 Å². The molecule has 1 heterocycles. The average Bonchev–Trinajstić information content (AvgIpc) is 3.10. The van der Waals surface area contributed by atoms with Gasteiger partial charge in [0.25, 0.3) is 0 Å². The van der Waals surface area contributed by atoms with Gasteiger partial charge in [0, 0.05) is 13.1 Å². The van der Waals surface area contributed by atoms with Crippen molar-refractivity contribution in [3.05, 3.63) is 59.5 Å². The zero-order valence-electron chi connectivity index (χ0n) is 14.7. The van der Waals surface area contributed by atoms with Gasteiger partial charge in [-0.3, -0.25) is 0 Å². The monoisotopic (exact) mass is 329 g/mol. The van der Waals surface area contributed by atoms with Crippen LogP contribution in [0.15, 0.2) is 52.1 Å². The maximum atomic E-state index is 10.5. The number of aliphatic hydroxyl groups is 1. The van der Waals surface area contributed by atoms with Crippen molar-refractivity contribution in [2.24, 2.45) is 4.99 Å². The summed E-state index contributed by atoms with van der Waals surface area (Å²) in [6.07, 6.45) is 2.47. The molecule has 0 spiro atoms. The summed E-state index contributed by atoms with van der Waals surface area (Å²) in [7, 11) is 0. The molecule has 0 saturated carbocycles. The van der Waals surface area contributed by atoms with Crippen molar-refractivity contribution in [2.75, 3.05) is 19.6 Å². The zero-order valence-corrected chi connectivity index (χ0v) is 14.7. The van der Waals surface area contributed by atoms with Crippen molar-refractivity contribution >= 4 is 5.96 Å². The third kappa shape index (κ3) is 5.42. The summed E-state index contributed by atoms with van der Waals surface area (Å²) in [6.45, 7) is 7.56. The number of benzene rings is 1. The molecule has 1 atom stereocenters. The molecule has 2 rings (SSSR count). The van der Waals surface area contributed by atoms with Gasteiger partial charge in [-0.05, 0) is 44.9 Å². The lowest BCUT2D eigenvalue weighted by molar-refractivity contribution is 0.0437. The van der Waals surface area contributed by atoms with Crippen LogP contribution in [0.25, 0.3) is 0 Å². The lowest BCUT2D eigenvalue weighted by Crippen LogP contribution is -2.39. The van der Waals surface area contributed by atoms with Crippen molar-refractivity contribution < 1.29 is 9.52 Å². The molecule has 1 aromatic carbocycles. The predicted octanol–water partition coefficient (Wildman–Crippen LogP) is 2.59. The number of hydrogen-bond acceptors (Lipinski definition) is 3. The molecule has 0 fully saturated rings. The number of rotatable bonds is 7. The van der Waals surface area contributed by atoms with Gasteiger partial charge in [0.05, 0.1) is 12.8 Å². The highest BCUT2D eigenvalue weighted by atomic mass is 16.4. The molecule has 3 N–H and O–H groups in total. The van der Waals surface area contributed by atoms with Crippen LogP contribution in [0.3, 0.4) is 0 Å². The van der Waals surface area contributed by atoms with Crippen LogP contribution in [0.2, 0.25) is 0 Å². The summed E-state index contributed by atoms with van der Waals surface area (Å²) in [5.41, 5.74) is 1.43. The summed E-state index contributed by atoms with van der Waals surface area (Å²) in [4.78, 5) is 4.47. The Hall–Kier alpha value is -2.27. The number of hydrogen-bond donors (Lipinski definition) is 3. The summed E-state index contributed by atoms with van der Waals surface area (Å²) < 4.78 is 5.28. The van der Waals surface area contributed by atoms with Crippen LogP contribution in [-0.2, 0) is 12.0 Å². The molecule has 0 aliphatic heterocycles. The van der Waals surface area contributed by atoms with Gasteiger partial charge in [0.15, 0.2) is 5.96 Å². The lowest BCUT2D eigenvalue weighted by Gasteiger charge is -2.19. The van der Waals surface area contributed by atoms with Crippen molar-refractivity contribution in [2.45, 2.75) is 32.8 Å². The van der Waals surface area contributed by atoms with Gasteiger partial charge in [-0.1, -0.05) is 29.8 Å². The summed E-state index contributed by atoms with van der Waals surface area (Å²) in [5.74, 6) is 1.21. The highest BCUT2D eigenvalue weighted by molar-refractivity contribution is 5.79. The van der Waals surface area contributed by atoms with Gasteiger partial charge in [0.2, 0.25) is 0 Å². The van der Waals surface area contributed by atoms with E-state index in [9.17, 15) is 5.11 Å². The first-order chi connectivity index (χ1) is 11.5. The van der Waals surface area contributed by atoms with Crippen LogP contribution >= 0.6 is 0 Å². The van der Waals surface area contributed by atoms with Crippen molar-refractivity contribution in [1.29, 1.82) is 0 Å². The third-order valence-corrected chi connectivity index (χ3v) is 3.77. The van der Waals surface area contributed by atoms with Crippen molar-refractivity contribution in [1.82, 2.24) is 10.6 Å². The predicted molar refractivity (Wildman–Crippen MR) is 97.1 cm³/mol. The minimum Gasteiger partial charge on any atom is -0.466 e. The molecule has 0 aliphatic rings. The standard InChI is InChI=1S/C19H27N3O2/c1-4-20-18(21-12-11-16-9-7-15(2)8-10-16)22-14-19(3,23)17-6-5-13-24-17/h5-10,13,23H,4,11-12,14H2,1-3H3,(H2,20,21,22). The second kappa shape index (κ2) is 8.55. The molecular weight excluding hydrogens is 302 g/mol. The fraction of sp³-hybridized carbons (Fsp3) is 0.421. The van der Waals surface area contributed by atoms with E-state index in [1.807, 2.05) is 6.92 Å². The first-order valence-electron chi connectivity index (χ1n) is 8.35. The van der Waals surface area contributed by atoms with Gasteiger partial charge >= 0.3 is 0 Å². The largest absolute Gasteiger partial charge is 0.466 e. The number of aryl methyl sites for hydroxylation is 1. The lowest BCUT2D eigenvalue weighted by atomic mass is 10.0. The molecule has 0 radical (unpaired) electrons. The average molecular weight is 329 g/mol. The first-order valence-corrected chi connectivity index (χ1v) is 8.35. The van der Waals surface area contributed by atoms with Crippen molar-refractivity contribution in [3.8, 4) is 0 Å². The zero-order chi connectivity index (χ0) is 17.4. The smallest absolute Gasteiger partial charge is 0.191 e. The molecule has 0 saturated heterocycles. The fourth-order valence-corrected chi connectivity index (χ4v) is 2.32. The van der Waals surface area contributed by atoms with Crippen molar-refractivity contribution in [3.63, 3.8) is 0 Å². The Kier molecular flexibility index (Phi) is 6.44. The normalized spacial score (nSPS) is 14.2.